The molecule has 1 aromatic heterocycles. The van der Waals surface area contributed by atoms with E-state index in [1.807, 2.05) is 48.5 Å². The van der Waals surface area contributed by atoms with E-state index in [-0.39, 0.29) is 30.0 Å². The molecule has 3 rings (SSSR count). The standard InChI is InChI=1S/C23H27N5O4/c1-4-32-23(29)28-19-13-18(20(24)22(25)27-19)26-21(14-5-9-16(30-2)10-6-14)15-7-11-17(31-3)12-8-15/h5-13,21H,4,24H2,1-3H3,(H4,25,26,27,28,29). The normalized spacial score (nSPS) is 10.5. The molecular weight excluding hydrogens is 410 g/mol. The van der Waals surface area contributed by atoms with Gasteiger partial charge in [0.05, 0.1) is 38.2 Å². The van der Waals surface area contributed by atoms with Gasteiger partial charge in [0, 0.05) is 6.07 Å². The lowest BCUT2D eigenvalue weighted by atomic mass is 9.98. The minimum Gasteiger partial charge on any atom is -0.497 e. The van der Waals surface area contributed by atoms with E-state index in [0.29, 0.717) is 5.69 Å². The largest absolute Gasteiger partial charge is 0.497 e. The van der Waals surface area contributed by atoms with Crippen LogP contribution in [0.15, 0.2) is 54.6 Å². The van der Waals surface area contributed by atoms with Crippen LogP contribution in [0, 0.1) is 0 Å². The molecular formula is C23H27N5O4. The summed E-state index contributed by atoms with van der Waals surface area (Å²) in [5.41, 5.74) is 14.9. The first kappa shape index (κ1) is 22.5. The summed E-state index contributed by atoms with van der Waals surface area (Å²) in [5.74, 6) is 1.80. The number of carbonyl (C=O) groups excluding carboxylic acids is 1. The van der Waals surface area contributed by atoms with Gasteiger partial charge in [0.1, 0.15) is 17.3 Å². The second kappa shape index (κ2) is 10.3. The smallest absolute Gasteiger partial charge is 0.412 e. The topological polar surface area (TPSA) is 134 Å². The van der Waals surface area contributed by atoms with E-state index in [2.05, 4.69) is 15.6 Å². The fourth-order valence-corrected chi connectivity index (χ4v) is 3.14. The molecule has 168 valence electrons. The summed E-state index contributed by atoms with van der Waals surface area (Å²) < 4.78 is 15.5. The molecule has 0 aliphatic heterocycles. The van der Waals surface area contributed by atoms with Crippen molar-refractivity contribution in [1.29, 1.82) is 0 Å². The van der Waals surface area contributed by atoms with Crippen molar-refractivity contribution in [3.8, 4) is 11.5 Å². The van der Waals surface area contributed by atoms with Gasteiger partial charge in [-0.25, -0.2) is 9.78 Å². The zero-order chi connectivity index (χ0) is 23.1. The molecule has 0 spiro atoms. The predicted octanol–water partition coefficient (Wildman–Crippen LogP) is 4.03. The third-order valence-corrected chi connectivity index (χ3v) is 4.79. The molecule has 0 saturated carbocycles. The van der Waals surface area contributed by atoms with Gasteiger partial charge >= 0.3 is 6.09 Å². The minimum atomic E-state index is -0.628. The van der Waals surface area contributed by atoms with Crippen molar-refractivity contribution in [2.75, 3.05) is 42.9 Å². The molecule has 32 heavy (non-hydrogen) atoms. The van der Waals surface area contributed by atoms with Gasteiger partial charge in [0.25, 0.3) is 0 Å². The Hall–Kier alpha value is -4.14. The third-order valence-electron chi connectivity index (χ3n) is 4.79. The number of nitrogens with one attached hydrogen (secondary N) is 2. The molecule has 2 aromatic carbocycles. The molecule has 0 atom stereocenters. The van der Waals surface area contributed by atoms with Crippen LogP contribution in [0.1, 0.15) is 24.1 Å². The van der Waals surface area contributed by atoms with Gasteiger partial charge in [-0.2, -0.15) is 0 Å². The molecule has 0 aliphatic carbocycles. The monoisotopic (exact) mass is 437 g/mol. The summed E-state index contributed by atoms with van der Waals surface area (Å²) in [7, 11) is 3.24. The van der Waals surface area contributed by atoms with Crippen molar-refractivity contribution < 1.29 is 19.0 Å². The van der Waals surface area contributed by atoms with Gasteiger partial charge in [-0.15, -0.1) is 0 Å². The fourth-order valence-electron chi connectivity index (χ4n) is 3.14. The number of methoxy groups -OCH3 is 2. The van der Waals surface area contributed by atoms with Crippen molar-refractivity contribution in [3.63, 3.8) is 0 Å². The van der Waals surface area contributed by atoms with Gasteiger partial charge in [-0.05, 0) is 42.3 Å². The number of nitrogen functional groups attached to an aromatic ring is 2. The van der Waals surface area contributed by atoms with Crippen LogP contribution in [0.25, 0.3) is 0 Å². The van der Waals surface area contributed by atoms with Crippen LogP contribution in [-0.2, 0) is 4.74 Å². The number of aromatic nitrogens is 1. The van der Waals surface area contributed by atoms with E-state index in [0.717, 1.165) is 22.6 Å². The Balaban J connectivity index is 1.99. The number of anilines is 4. The zero-order valence-corrected chi connectivity index (χ0v) is 18.2. The molecule has 6 N–H and O–H groups in total. The van der Waals surface area contributed by atoms with Gasteiger partial charge in [-0.3, -0.25) is 5.32 Å². The number of hydrogen-bond acceptors (Lipinski definition) is 8. The number of benzene rings is 2. The molecule has 0 aliphatic rings. The summed E-state index contributed by atoms with van der Waals surface area (Å²) in [6.45, 7) is 1.95. The Morgan fingerprint density at radius 2 is 1.50 bits per heavy atom. The maximum absolute atomic E-state index is 11.8. The quantitative estimate of drug-likeness (QED) is 0.415. The number of nitrogens with two attached hydrogens (primary N) is 2. The molecule has 9 nitrogen and oxygen atoms in total. The second-order valence-corrected chi connectivity index (χ2v) is 6.82. The molecule has 0 unspecified atom stereocenters. The maximum atomic E-state index is 11.8. The first-order valence-corrected chi connectivity index (χ1v) is 9.99. The van der Waals surface area contributed by atoms with Crippen LogP contribution < -0.4 is 31.6 Å². The Bertz CT molecular complexity index is 1010. The van der Waals surface area contributed by atoms with E-state index < -0.39 is 6.09 Å². The van der Waals surface area contributed by atoms with Crippen LogP contribution >= 0.6 is 0 Å². The number of nitrogens with zero attached hydrogens (tertiary/aromatic N) is 1. The van der Waals surface area contributed by atoms with Gasteiger partial charge < -0.3 is 31.0 Å². The molecule has 0 saturated heterocycles. The average molecular weight is 438 g/mol. The van der Waals surface area contributed by atoms with Crippen LogP contribution in [0.3, 0.4) is 0 Å². The minimum absolute atomic E-state index is 0.0880. The molecule has 0 bridgehead atoms. The number of pyridine rings is 1. The maximum Gasteiger partial charge on any atom is 0.412 e. The van der Waals surface area contributed by atoms with Crippen LogP contribution in [0.5, 0.6) is 11.5 Å². The van der Waals surface area contributed by atoms with Crippen LogP contribution in [0.2, 0.25) is 0 Å². The number of hydrogen-bond donors (Lipinski definition) is 4. The molecule has 1 heterocycles. The Kier molecular flexibility index (Phi) is 7.22. The number of amides is 1. The van der Waals surface area contributed by atoms with Crippen molar-refractivity contribution in [2.24, 2.45) is 0 Å². The fraction of sp³-hybridized carbons (Fsp3) is 0.217. The number of rotatable bonds is 8. The van der Waals surface area contributed by atoms with Crippen molar-refractivity contribution in [3.05, 3.63) is 65.7 Å². The SMILES string of the molecule is CCOC(=O)Nc1cc(NC(c2ccc(OC)cc2)c2ccc(OC)cc2)c(N)c(N)n1. The van der Waals surface area contributed by atoms with E-state index in [1.165, 1.54) is 0 Å². The van der Waals surface area contributed by atoms with Crippen molar-refractivity contribution >= 4 is 29.1 Å². The molecule has 0 fully saturated rings. The lowest BCUT2D eigenvalue weighted by Crippen LogP contribution is -2.17. The average Bonchev–Trinajstić information content (AvgIpc) is 2.80. The van der Waals surface area contributed by atoms with Gasteiger partial charge in [0.2, 0.25) is 0 Å². The van der Waals surface area contributed by atoms with E-state index in [9.17, 15) is 4.79 Å². The summed E-state index contributed by atoms with van der Waals surface area (Å²) in [5, 5.41) is 5.98. The molecule has 1 amide bonds. The first-order chi connectivity index (χ1) is 15.4. The second-order valence-electron chi connectivity index (χ2n) is 6.82. The predicted molar refractivity (Wildman–Crippen MR) is 125 cm³/mol. The highest BCUT2D eigenvalue weighted by Gasteiger charge is 2.18. The number of ether oxygens (including phenoxy) is 3. The van der Waals surface area contributed by atoms with Crippen LogP contribution in [0.4, 0.5) is 27.8 Å². The van der Waals surface area contributed by atoms with Crippen LogP contribution in [-0.4, -0.2) is 31.9 Å². The van der Waals surface area contributed by atoms with Crippen molar-refractivity contribution in [1.82, 2.24) is 4.98 Å². The highest BCUT2D eigenvalue weighted by atomic mass is 16.5. The summed E-state index contributed by atoms with van der Waals surface area (Å²) in [4.78, 5) is 15.9. The summed E-state index contributed by atoms with van der Waals surface area (Å²) in [6.07, 6.45) is -0.628. The zero-order valence-electron chi connectivity index (χ0n) is 18.2. The molecule has 9 heteroatoms. The number of carbonyl (C=O) groups is 1. The highest BCUT2D eigenvalue weighted by molar-refractivity contribution is 5.87. The Labute approximate surface area is 186 Å². The first-order valence-electron chi connectivity index (χ1n) is 9.99. The molecule has 0 radical (unpaired) electrons. The lowest BCUT2D eigenvalue weighted by molar-refractivity contribution is 0.168. The Morgan fingerprint density at radius 1 is 0.969 bits per heavy atom. The van der Waals surface area contributed by atoms with Gasteiger partial charge in [-0.1, -0.05) is 24.3 Å². The third kappa shape index (κ3) is 5.31. The van der Waals surface area contributed by atoms with E-state index in [1.54, 1.807) is 27.2 Å². The summed E-state index contributed by atoms with van der Waals surface area (Å²) in [6, 6.07) is 16.7. The molecule has 3 aromatic rings. The summed E-state index contributed by atoms with van der Waals surface area (Å²) >= 11 is 0. The lowest BCUT2D eigenvalue weighted by Gasteiger charge is -2.23. The van der Waals surface area contributed by atoms with Crippen molar-refractivity contribution in [2.45, 2.75) is 13.0 Å². The van der Waals surface area contributed by atoms with E-state index >= 15 is 0 Å². The Morgan fingerprint density at radius 3 is 1.97 bits per heavy atom. The van der Waals surface area contributed by atoms with E-state index in [4.69, 9.17) is 25.7 Å². The highest BCUT2D eigenvalue weighted by Crippen LogP contribution is 2.34. The van der Waals surface area contributed by atoms with Gasteiger partial charge in [0.15, 0.2) is 5.82 Å².